The summed E-state index contributed by atoms with van der Waals surface area (Å²) in [6, 6.07) is 5.58. The minimum absolute atomic E-state index is 0. The smallest absolute Gasteiger partial charge is 0.166 e. The van der Waals surface area contributed by atoms with Crippen LogP contribution in [0.3, 0.4) is 0 Å². The molecule has 2 N–H and O–H groups in total. The Kier molecular flexibility index (Phi) is 6.87. The molecule has 0 aliphatic carbocycles. The lowest BCUT2D eigenvalue weighted by Gasteiger charge is -2.07. The average molecular weight is 261 g/mol. The Morgan fingerprint density at radius 2 is 2.24 bits per heavy atom. The highest BCUT2D eigenvalue weighted by molar-refractivity contribution is 5.85. The van der Waals surface area contributed by atoms with E-state index >= 15 is 0 Å². The van der Waals surface area contributed by atoms with Gasteiger partial charge in [0.1, 0.15) is 6.61 Å². The van der Waals surface area contributed by atoms with Gasteiger partial charge in [0, 0.05) is 12.1 Å². The first-order valence-corrected chi connectivity index (χ1v) is 4.52. The number of nitriles is 1. The van der Waals surface area contributed by atoms with Gasteiger partial charge in [-0.1, -0.05) is 0 Å². The van der Waals surface area contributed by atoms with Gasteiger partial charge in [-0.25, -0.2) is 8.78 Å². The number of hydrogen-bond donors (Lipinski definition) is 1. The maximum absolute atomic E-state index is 13.3. The van der Waals surface area contributed by atoms with Crippen LogP contribution in [0, 0.1) is 17.1 Å². The van der Waals surface area contributed by atoms with Crippen LogP contribution in [0.1, 0.15) is 5.56 Å². The van der Waals surface area contributed by atoms with Crippen LogP contribution >= 0.6 is 12.4 Å². The summed E-state index contributed by atoms with van der Waals surface area (Å²) in [7, 11) is 0. The van der Waals surface area contributed by atoms with Crippen molar-refractivity contribution in [2.24, 2.45) is 5.73 Å². The summed E-state index contributed by atoms with van der Waals surface area (Å²) in [5.41, 5.74) is 5.63. The van der Waals surface area contributed by atoms with E-state index in [1.807, 2.05) is 0 Å². The highest BCUT2D eigenvalue weighted by atomic mass is 35.5. The molecule has 1 aromatic carbocycles. The summed E-state index contributed by atoms with van der Waals surface area (Å²) in [5.74, 6) is -0.693. The van der Waals surface area contributed by atoms with Gasteiger partial charge in [-0.15, -0.1) is 12.4 Å². The zero-order valence-electron chi connectivity index (χ0n) is 8.82. The summed E-state index contributed by atoms with van der Waals surface area (Å²) in [5, 5.41) is 8.51. The molecule has 0 saturated heterocycles. The molecule has 0 atom stereocenters. The van der Waals surface area contributed by atoms with E-state index in [9.17, 15) is 8.78 Å². The van der Waals surface area contributed by atoms with E-state index in [1.54, 1.807) is 6.07 Å². The number of hydrogen-bond acceptors (Lipinski definition) is 3. The van der Waals surface area contributed by atoms with Crippen molar-refractivity contribution in [1.82, 2.24) is 0 Å². The highest BCUT2D eigenvalue weighted by Gasteiger charge is 2.05. The quantitative estimate of drug-likeness (QED) is 0.904. The molecule has 6 heteroatoms. The summed E-state index contributed by atoms with van der Waals surface area (Å²) < 4.78 is 30.4. The van der Waals surface area contributed by atoms with Gasteiger partial charge in [-0.2, -0.15) is 5.26 Å². The van der Waals surface area contributed by atoms with Crippen molar-refractivity contribution in [3.8, 4) is 11.8 Å². The van der Waals surface area contributed by atoms with E-state index in [0.717, 1.165) is 6.07 Å². The van der Waals surface area contributed by atoms with E-state index in [1.165, 1.54) is 12.1 Å². The van der Waals surface area contributed by atoms with Crippen LogP contribution < -0.4 is 10.5 Å². The van der Waals surface area contributed by atoms with Crippen LogP contribution in [0.25, 0.3) is 0 Å². The number of halogens is 3. The largest absolute Gasteiger partial charge is 0.486 e. The molecule has 0 fully saturated rings. The van der Waals surface area contributed by atoms with Gasteiger partial charge < -0.3 is 10.5 Å². The Bertz CT molecular complexity index is 444. The molecule has 3 nitrogen and oxygen atoms in total. The standard InChI is InChI=1S/C11H10F2N2O.ClH/c12-4-9(6-15)7-16-11-2-1-8(5-14)3-10(11)13;/h1-4H,6-7,15H2;1H/b9-4+;. The topological polar surface area (TPSA) is 59.0 Å². The molecule has 0 heterocycles. The lowest BCUT2D eigenvalue weighted by atomic mass is 10.2. The molecule has 92 valence electrons. The molecule has 0 aliphatic heterocycles. The van der Waals surface area contributed by atoms with Gasteiger partial charge in [0.25, 0.3) is 0 Å². The van der Waals surface area contributed by atoms with Crippen molar-refractivity contribution in [3.05, 3.63) is 41.5 Å². The van der Waals surface area contributed by atoms with Crippen LogP contribution in [0.5, 0.6) is 5.75 Å². The molecule has 1 aromatic rings. The lowest BCUT2D eigenvalue weighted by Crippen LogP contribution is -2.11. The van der Waals surface area contributed by atoms with Gasteiger partial charge in [-0.3, -0.25) is 0 Å². The van der Waals surface area contributed by atoms with E-state index in [2.05, 4.69) is 0 Å². The van der Waals surface area contributed by atoms with E-state index in [-0.39, 0.29) is 42.4 Å². The molecule has 1 rings (SSSR count). The van der Waals surface area contributed by atoms with Crippen LogP contribution in [-0.2, 0) is 0 Å². The van der Waals surface area contributed by atoms with Crippen molar-refractivity contribution in [2.45, 2.75) is 0 Å². The zero-order valence-corrected chi connectivity index (χ0v) is 9.64. The Labute approximate surface area is 104 Å². The second kappa shape index (κ2) is 7.60. The van der Waals surface area contributed by atoms with E-state index < -0.39 is 5.82 Å². The average Bonchev–Trinajstić information content (AvgIpc) is 2.32. The fraction of sp³-hybridized carbons (Fsp3) is 0.182. The number of benzene rings is 1. The SMILES string of the molecule is Cl.N#Cc1ccc(OC/C(=C/F)CN)c(F)c1. The van der Waals surface area contributed by atoms with Crippen LogP contribution in [0.15, 0.2) is 30.1 Å². The summed E-state index contributed by atoms with van der Waals surface area (Å²) in [4.78, 5) is 0. The zero-order chi connectivity index (χ0) is 12.0. The van der Waals surface area contributed by atoms with Crippen LogP contribution in [-0.4, -0.2) is 13.2 Å². The minimum atomic E-state index is -0.658. The number of nitrogens with two attached hydrogens (primary N) is 1. The third kappa shape index (κ3) is 4.39. The predicted molar refractivity (Wildman–Crippen MR) is 62.1 cm³/mol. The Hall–Kier alpha value is -1.64. The van der Waals surface area contributed by atoms with Crippen molar-refractivity contribution in [1.29, 1.82) is 5.26 Å². The normalized spacial score (nSPS) is 10.4. The molecular formula is C11H11ClF2N2O. The molecule has 0 bridgehead atoms. The van der Waals surface area contributed by atoms with E-state index in [4.69, 9.17) is 15.7 Å². The highest BCUT2D eigenvalue weighted by Crippen LogP contribution is 2.18. The Balaban J connectivity index is 0.00000256. The van der Waals surface area contributed by atoms with Crippen molar-refractivity contribution >= 4 is 12.4 Å². The third-order valence-electron chi connectivity index (χ3n) is 1.89. The molecule has 0 aromatic heterocycles. The van der Waals surface area contributed by atoms with Gasteiger partial charge in [0.2, 0.25) is 0 Å². The van der Waals surface area contributed by atoms with Gasteiger partial charge >= 0.3 is 0 Å². The third-order valence-corrected chi connectivity index (χ3v) is 1.89. The number of rotatable bonds is 4. The van der Waals surface area contributed by atoms with E-state index in [0.29, 0.717) is 6.33 Å². The van der Waals surface area contributed by atoms with Gasteiger partial charge in [0.15, 0.2) is 11.6 Å². The van der Waals surface area contributed by atoms with Gasteiger partial charge in [0.05, 0.1) is 18.0 Å². The molecule has 0 radical (unpaired) electrons. The Morgan fingerprint density at radius 1 is 1.53 bits per heavy atom. The van der Waals surface area contributed by atoms with Crippen molar-refractivity contribution in [2.75, 3.05) is 13.2 Å². The Morgan fingerprint density at radius 3 is 2.71 bits per heavy atom. The fourth-order valence-corrected chi connectivity index (χ4v) is 0.993. The molecule has 0 amide bonds. The minimum Gasteiger partial charge on any atom is -0.486 e. The monoisotopic (exact) mass is 260 g/mol. The molecule has 17 heavy (non-hydrogen) atoms. The molecular weight excluding hydrogens is 250 g/mol. The predicted octanol–water partition coefficient (Wildman–Crippen LogP) is 2.31. The molecule has 0 spiro atoms. The first-order valence-electron chi connectivity index (χ1n) is 4.52. The molecule has 0 saturated carbocycles. The second-order valence-corrected chi connectivity index (χ2v) is 3.02. The maximum atomic E-state index is 13.3. The van der Waals surface area contributed by atoms with Gasteiger partial charge in [-0.05, 0) is 18.2 Å². The summed E-state index contributed by atoms with van der Waals surface area (Å²) >= 11 is 0. The summed E-state index contributed by atoms with van der Waals surface area (Å²) in [6.45, 7) is -0.107. The first kappa shape index (κ1) is 15.4. The van der Waals surface area contributed by atoms with Crippen LogP contribution in [0.2, 0.25) is 0 Å². The first-order chi connectivity index (χ1) is 7.71. The maximum Gasteiger partial charge on any atom is 0.166 e. The molecule has 0 aliphatic rings. The van der Waals surface area contributed by atoms with Crippen molar-refractivity contribution < 1.29 is 13.5 Å². The summed E-state index contributed by atoms with van der Waals surface area (Å²) in [6.07, 6.45) is 0.335. The fourth-order valence-electron chi connectivity index (χ4n) is 0.993. The number of nitrogens with zero attached hydrogens (tertiary/aromatic N) is 1. The lowest BCUT2D eigenvalue weighted by molar-refractivity contribution is 0.328. The molecule has 0 unspecified atom stereocenters. The van der Waals surface area contributed by atoms with Crippen molar-refractivity contribution in [3.63, 3.8) is 0 Å². The second-order valence-electron chi connectivity index (χ2n) is 3.02. The number of ether oxygens (including phenoxy) is 1. The van der Waals surface area contributed by atoms with Crippen LogP contribution in [0.4, 0.5) is 8.78 Å².